The van der Waals surface area contributed by atoms with Crippen molar-refractivity contribution in [1.82, 2.24) is 15.1 Å². The van der Waals surface area contributed by atoms with Crippen molar-refractivity contribution in [2.45, 2.75) is 49.7 Å². The molecule has 7 nitrogen and oxygen atoms in total. The molecule has 0 spiro atoms. The summed E-state index contributed by atoms with van der Waals surface area (Å²) in [6, 6.07) is 16.5. The maximum Gasteiger partial charge on any atom is 0.267 e. The fraction of sp³-hybridized carbons (Fsp3) is 0.261. The molecule has 0 aliphatic rings. The van der Waals surface area contributed by atoms with Crippen LogP contribution in [0, 0.1) is 6.92 Å². The smallest absolute Gasteiger partial charge is 0.267 e. The molecular weight excluding hydrogens is 414 g/mol. The number of amides is 1. The second-order valence-corrected chi connectivity index (χ2v) is 9.55. The Bertz CT molecular complexity index is 1230. The Morgan fingerprint density at radius 2 is 1.65 bits per heavy atom. The summed E-state index contributed by atoms with van der Waals surface area (Å²) in [5.41, 5.74) is 2.49. The molecule has 0 aliphatic heterocycles. The number of hydrogen-bond donors (Lipinski definition) is 1. The Morgan fingerprint density at radius 1 is 1.00 bits per heavy atom. The Morgan fingerprint density at radius 3 is 2.26 bits per heavy atom. The minimum atomic E-state index is -3.92. The average Bonchev–Trinajstić information content (AvgIpc) is 2.75. The van der Waals surface area contributed by atoms with E-state index in [4.69, 9.17) is 0 Å². The average molecular weight is 440 g/mol. The Kier molecular flexibility index (Phi) is 6.70. The van der Waals surface area contributed by atoms with Crippen LogP contribution >= 0.6 is 0 Å². The lowest BCUT2D eigenvalue weighted by Crippen LogP contribution is -2.33. The van der Waals surface area contributed by atoms with Crippen LogP contribution in [0.15, 0.2) is 75.4 Å². The Balaban J connectivity index is 1.76. The predicted octanol–water partition coefficient (Wildman–Crippen LogP) is 2.82. The standard InChI is InChI=1S/C23H25N3O4S/c1-16(2)19-8-10-20(11-9-19)31(29,30)22-12-13-23(28)26(25-22)15-21(27)24-14-18-6-4-17(3)5-7-18/h4-13,16H,14-15H2,1-3H3,(H,24,27). The van der Waals surface area contributed by atoms with Gasteiger partial charge in [-0.2, -0.15) is 5.10 Å². The fourth-order valence-corrected chi connectivity index (χ4v) is 4.13. The summed E-state index contributed by atoms with van der Waals surface area (Å²) in [4.78, 5) is 24.5. The van der Waals surface area contributed by atoms with Crippen molar-refractivity contribution in [3.8, 4) is 0 Å². The third-order valence-electron chi connectivity index (χ3n) is 4.88. The van der Waals surface area contributed by atoms with E-state index in [9.17, 15) is 18.0 Å². The summed E-state index contributed by atoms with van der Waals surface area (Å²) in [7, 11) is -3.92. The van der Waals surface area contributed by atoms with E-state index in [1.807, 2.05) is 45.0 Å². The van der Waals surface area contributed by atoms with Crippen molar-refractivity contribution in [2.75, 3.05) is 0 Å². The third kappa shape index (κ3) is 5.46. The number of sulfone groups is 1. The number of aryl methyl sites for hydroxylation is 1. The van der Waals surface area contributed by atoms with Crippen LogP contribution in [0.4, 0.5) is 0 Å². The number of benzene rings is 2. The lowest BCUT2D eigenvalue weighted by atomic mass is 10.0. The molecule has 3 rings (SSSR count). The number of rotatable bonds is 7. The molecule has 0 unspecified atom stereocenters. The van der Waals surface area contributed by atoms with E-state index in [-0.39, 0.29) is 22.4 Å². The predicted molar refractivity (Wildman–Crippen MR) is 118 cm³/mol. The molecular formula is C23H25N3O4S. The molecule has 1 amide bonds. The van der Waals surface area contributed by atoms with Gasteiger partial charge in [-0.05, 0) is 42.2 Å². The topological polar surface area (TPSA) is 98.1 Å². The number of hydrogen-bond acceptors (Lipinski definition) is 5. The monoisotopic (exact) mass is 439 g/mol. The van der Waals surface area contributed by atoms with Crippen LogP contribution in [-0.2, 0) is 27.7 Å². The Hall–Kier alpha value is -3.26. The quantitative estimate of drug-likeness (QED) is 0.610. The van der Waals surface area contributed by atoms with Gasteiger partial charge < -0.3 is 5.32 Å². The molecule has 1 N–H and O–H groups in total. The van der Waals surface area contributed by atoms with Gasteiger partial charge in [0.15, 0.2) is 5.03 Å². The van der Waals surface area contributed by atoms with Crippen LogP contribution in [0.2, 0.25) is 0 Å². The van der Waals surface area contributed by atoms with E-state index < -0.39 is 21.3 Å². The number of nitrogens with one attached hydrogen (secondary N) is 1. The molecule has 3 aromatic rings. The number of aromatic nitrogens is 2. The SMILES string of the molecule is Cc1ccc(CNC(=O)Cn2nc(S(=O)(=O)c3ccc(C(C)C)cc3)ccc2=O)cc1. The lowest BCUT2D eigenvalue weighted by Gasteiger charge is -2.10. The minimum absolute atomic E-state index is 0.0819. The van der Waals surface area contributed by atoms with Gasteiger partial charge in [-0.25, -0.2) is 13.1 Å². The lowest BCUT2D eigenvalue weighted by molar-refractivity contribution is -0.122. The van der Waals surface area contributed by atoms with E-state index in [2.05, 4.69) is 10.4 Å². The molecule has 0 saturated heterocycles. The summed E-state index contributed by atoms with van der Waals surface area (Å²) in [5.74, 6) is -0.166. The van der Waals surface area contributed by atoms with Crippen molar-refractivity contribution < 1.29 is 13.2 Å². The van der Waals surface area contributed by atoms with Crippen LogP contribution in [0.3, 0.4) is 0 Å². The second kappa shape index (κ2) is 9.26. The first-order valence-electron chi connectivity index (χ1n) is 9.92. The van der Waals surface area contributed by atoms with Crippen LogP contribution in [-0.4, -0.2) is 24.1 Å². The maximum absolute atomic E-state index is 12.9. The van der Waals surface area contributed by atoms with Crippen LogP contribution in [0.5, 0.6) is 0 Å². The molecule has 31 heavy (non-hydrogen) atoms. The fourth-order valence-electron chi connectivity index (χ4n) is 2.94. The molecule has 0 aliphatic carbocycles. The summed E-state index contributed by atoms with van der Waals surface area (Å²) in [5, 5.41) is 6.37. The van der Waals surface area contributed by atoms with Gasteiger partial charge in [0, 0.05) is 12.6 Å². The Labute approximate surface area is 181 Å². The van der Waals surface area contributed by atoms with E-state index in [0.29, 0.717) is 6.54 Å². The van der Waals surface area contributed by atoms with Gasteiger partial charge in [0.25, 0.3) is 5.56 Å². The maximum atomic E-state index is 12.9. The highest BCUT2D eigenvalue weighted by molar-refractivity contribution is 7.91. The largest absolute Gasteiger partial charge is 0.350 e. The van der Waals surface area contributed by atoms with E-state index >= 15 is 0 Å². The molecule has 0 atom stereocenters. The van der Waals surface area contributed by atoms with E-state index in [1.54, 1.807) is 12.1 Å². The summed E-state index contributed by atoms with van der Waals surface area (Å²) in [6.45, 7) is 5.93. The molecule has 0 fully saturated rings. The van der Waals surface area contributed by atoms with E-state index in [0.717, 1.165) is 33.5 Å². The molecule has 2 aromatic carbocycles. The first-order valence-corrected chi connectivity index (χ1v) is 11.4. The molecule has 8 heteroatoms. The molecule has 0 radical (unpaired) electrons. The second-order valence-electron chi connectivity index (χ2n) is 7.66. The highest BCUT2D eigenvalue weighted by Gasteiger charge is 2.21. The molecule has 1 heterocycles. The zero-order valence-electron chi connectivity index (χ0n) is 17.7. The molecule has 1 aromatic heterocycles. The molecule has 0 bridgehead atoms. The minimum Gasteiger partial charge on any atom is -0.350 e. The van der Waals surface area contributed by atoms with Gasteiger partial charge in [-0.15, -0.1) is 0 Å². The van der Waals surface area contributed by atoms with Gasteiger partial charge in [0.1, 0.15) is 6.54 Å². The third-order valence-corrected chi connectivity index (χ3v) is 6.54. The first kappa shape index (κ1) is 22.4. The number of carbonyl (C=O) groups excluding carboxylic acids is 1. The number of carbonyl (C=O) groups is 1. The van der Waals surface area contributed by atoms with Crippen LogP contribution in [0.25, 0.3) is 0 Å². The summed E-state index contributed by atoms with van der Waals surface area (Å²) in [6.07, 6.45) is 0. The van der Waals surface area contributed by atoms with Gasteiger partial charge in [0.05, 0.1) is 4.90 Å². The van der Waals surface area contributed by atoms with Crippen molar-refractivity contribution in [3.05, 3.63) is 87.7 Å². The zero-order chi connectivity index (χ0) is 22.6. The van der Waals surface area contributed by atoms with Crippen molar-refractivity contribution in [2.24, 2.45) is 0 Å². The molecule has 0 saturated carbocycles. The highest BCUT2D eigenvalue weighted by atomic mass is 32.2. The first-order chi connectivity index (χ1) is 14.7. The zero-order valence-corrected chi connectivity index (χ0v) is 18.5. The van der Waals surface area contributed by atoms with Gasteiger partial charge in [-0.3, -0.25) is 9.59 Å². The van der Waals surface area contributed by atoms with E-state index in [1.165, 1.54) is 12.1 Å². The summed E-state index contributed by atoms with van der Waals surface area (Å²) < 4.78 is 26.7. The van der Waals surface area contributed by atoms with Gasteiger partial charge in [0.2, 0.25) is 15.7 Å². The highest BCUT2D eigenvalue weighted by Crippen LogP contribution is 2.21. The number of nitrogens with zero attached hydrogens (tertiary/aromatic N) is 2. The van der Waals surface area contributed by atoms with Crippen LogP contribution in [0.1, 0.15) is 36.5 Å². The van der Waals surface area contributed by atoms with Crippen molar-refractivity contribution in [3.63, 3.8) is 0 Å². The van der Waals surface area contributed by atoms with Crippen LogP contribution < -0.4 is 10.9 Å². The normalized spacial score (nSPS) is 11.5. The van der Waals surface area contributed by atoms with Crippen molar-refractivity contribution in [1.29, 1.82) is 0 Å². The van der Waals surface area contributed by atoms with Crippen molar-refractivity contribution >= 4 is 15.7 Å². The van der Waals surface area contributed by atoms with Gasteiger partial charge in [-0.1, -0.05) is 55.8 Å². The molecule has 162 valence electrons. The van der Waals surface area contributed by atoms with Gasteiger partial charge >= 0.3 is 0 Å². The summed E-state index contributed by atoms with van der Waals surface area (Å²) >= 11 is 0.